The molecule has 1 saturated heterocycles. The second kappa shape index (κ2) is 5.99. The molecule has 0 aromatic heterocycles. The van der Waals surface area contributed by atoms with Gasteiger partial charge in [0.05, 0.1) is 6.07 Å². The van der Waals surface area contributed by atoms with E-state index in [1.54, 1.807) is 0 Å². The molecule has 2 heteroatoms. The number of rotatable bonds is 3. The van der Waals surface area contributed by atoms with E-state index in [-0.39, 0.29) is 0 Å². The summed E-state index contributed by atoms with van der Waals surface area (Å²) in [5, 5.41) is 8.49. The molecule has 13 heavy (non-hydrogen) atoms. The van der Waals surface area contributed by atoms with Gasteiger partial charge in [-0.1, -0.05) is 13.3 Å². The van der Waals surface area contributed by atoms with Gasteiger partial charge in [-0.2, -0.15) is 5.26 Å². The van der Waals surface area contributed by atoms with Crippen molar-refractivity contribution in [2.45, 2.75) is 39.0 Å². The second-order valence-corrected chi connectivity index (χ2v) is 3.95. The van der Waals surface area contributed by atoms with Crippen LogP contribution in [0.4, 0.5) is 0 Å². The Labute approximate surface area is 81.5 Å². The lowest BCUT2D eigenvalue weighted by molar-refractivity contribution is 0.286. The smallest absolute Gasteiger partial charge is 0.0635 e. The summed E-state index contributed by atoms with van der Waals surface area (Å²) in [4.78, 5) is 2.44. The van der Waals surface area contributed by atoms with Gasteiger partial charge in [-0.3, -0.25) is 0 Å². The predicted molar refractivity (Wildman–Crippen MR) is 54.3 cm³/mol. The molecular formula is C11H20N2. The van der Waals surface area contributed by atoms with E-state index in [1.807, 2.05) is 0 Å². The van der Waals surface area contributed by atoms with E-state index < -0.39 is 0 Å². The maximum atomic E-state index is 8.49. The molecule has 1 aliphatic rings. The fourth-order valence-electron chi connectivity index (χ4n) is 2.06. The molecule has 1 rings (SSSR count). The topological polar surface area (TPSA) is 27.0 Å². The van der Waals surface area contributed by atoms with Gasteiger partial charge in [-0.05, 0) is 38.3 Å². The molecule has 0 aliphatic carbocycles. The lowest BCUT2D eigenvalue weighted by Crippen LogP contribution is -2.25. The van der Waals surface area contributed by atoms with E-state index in [4.69, 9.17) is 5.26 Å². The first-order valence-electron chi connectivity index (χ1n) is 5.46. The summed E-state index contributed by atoms with van der Waals surface area (Å²) >= 11 is 0. The summed E-state index contributed by atoms with van der Waals surface area (Å²) in [7, 11) is 0. The first-order valence-corrected chi connectivity index (χ1v) is 5.46. The van der Waals surface area contributed by atoms with Crippen LogP contribution in [-0.4, -0.2) is 24.5 Å². The molecule has 1 aliphatic heterocycles. The third kappa shape index (κ3) is 3.78. The summed E-state index contributed by atoms with van der Waals surface area (Å²) in [6, 6.07) is 2.22. The minimum absolute atomic E-state index is 0.691. The molecule has 1 heterocycles. The summed E-state index contributed by atoms with van der Waals surface area (Å²) in [5.74, 6) is 0.937. The average molecular weight is 180 g/mol. The zero-order valence-corrected chi connectivity index (χ0v) is 8.63. The third-order valence-corrected chi connectivity index (χ3v) is 3.06. The van der Waals surface area contributed by atoms with E-state index >= 15 is 0 Å². The van der Waals surface area contributed by atoms with Gasteiger partial charge < -0.3 is 4.90 Å². The van der Waals surface area contributed by atoms with Gasteiger partial charge >= 0.3 is 0 Å². The van der Waals surface area contributed by atoms with E-state index in [9.17, 15) is 0 Å². The Morgan fingerprint density at radius 3 is 2.92 bits per heavy atom. The van der Waals surface area contributed by atoms with E-state index in [1.165, 1.54) is 38.8 Å². The first kappa shape index (κ1) is 10.5. The van der Waals surface area contributed by atoms with Crippen molar-refractivity contribution in [3.05, 3.63) is 0 Å². The molecule has 1 atom stereocenters. The quantitative estimate of drug-likeness (QED) is 0.667. The fourth-order valence-corrected chi connectivity index (χ4v) is 2.06. The van der Waals surface area contributed by atoms with Crippen LogP contribution in [0.3, 0.4) is 0 Å². The van der Waals surface area contributed by atoms with E-state index in [2.05, 4.69) is 17.9 Å². The maximum Gasteiger partial charge on any atom is 0.0635 e. The maximum absolute atomic E-state index is 8.49. The van der Waals surface area contributed by atoms with Crippen LogP contribution in [0.15, 0.2) is 0 Å². The molecule has 0 aromatic carbocycles. The van der Waals surface area contributed by atoms with Crippen LogP contribution in [0.5, 0.6) is 0 Å². The highest BCUT2D eigenvalue weighted by Gasteiger charge is 2.14. The highest BCUT2D eigenvalue weighted by Crippen LogP contribution is 2.19. The molecule has 0 spiro atoms. The molecular weight excluding hydrogens is 160 g/mol. The third-order valence-electron chi connectivity index (χ3n) is 3.06. The van der Waals surface area contributed by atoms with Gasteiger partial charge in [-0.25, -0.2) is 0 Å². The number of likely N-dealkylation sites (tertiary alicyclic amines) is 1. The number of hydrogen-bond acceptors (Lipinski definition) is 2. The largest absolute Gasteiger partial charge is 0.302 e. The van der Waals surface area contributed by atoms with E-state index in [0.717, 1.165) is 12.5 Å². The van der Waals surface area contributed by atoms with Crippen LogP contribution < -0.4 is 0 Å². The van der Waals surface area contributed by atoms with Crippen molar-refractivity contribution in [3.63, 3.8) is 0 Å². The van der Waals surface area contributed by atoms with Gasteiger partial charge in [0.2, 0.25) is 0 Å². The van der Waals surface area contributed by atoms with Crippen LogP contribution >= 0.6 is 0 Å². The highest BCUT2D eigenvalue weighted by atomic mass is 15.1. The Morgan fingerprint density at radius 1 is 1.38 bits per heavy atom. The van der Waals surface area contributed by atoms with Crippen molar-refractivity contribution < 1.29 is 0 Å². The highest BCUT2D eigenvalue weighted by molar-refractivity contribution is 4.75. The molecule has 0 aromatic rings. The summed E-state index contributed by atoms with van der Waals surface area (Å²) in [5.41, 5.74) is 0. The van der Waals surface area contributed by atoms with Gasteiger partial charge in [-0.15, -0.1) is 0 Å². The molecule has 1 fully saturated rings. The van der Waals surface area contributed by atoms with E-state index in [0.29, 0.717) is 6.42 Å². The molecule has 1 unspecified atom stereocenters. The van der Waals surface area contributed by atoms with Gasteiger partial charge in [0.1, 0.15) is 0 Å². The monoisotopic (exact) mass is 180 g/mol. The zero-order valence-electron chi connectivity index (χ0n) is 8.63. The normalized spacial score (nSPS) is 25.1. The number of hydrogen-bond donors (Lipinski definition) is 0. The minimum atomic E-state index is 0.691. The van der Waals surface area contributed by atoms with Crippen molar-refractivity contribution in [1.82, 2.24) is 4.90 Å². The lowest BCUT2D eigenvalue weighted by atomic mass is 9.98. The molecule has 0 amide bonds. The molecule has 0 N–H and O–H groups in total. The van der Waals surface area contributed by atoms with Crippen molar-refractivity contribution in [2.24, 2.45) is 5.92 Å². The van der Waals surface area contributed by atoms with Crippen molar-refractivity contribution in [3.8, 4) is 6.07 Å². The van der Waals surface area contributed by atoms with Crippen molar-refractivity contribution >= 4 is 0 Å². The van der Waals surface area contributed by atoms with Crippen LogP contribution in [-0.2, 0) is 0 Å². The minimum Gasteiger partial charge on any atom is -0.302 e. The number of nitriles is 1. The second-order valence-electron chi connectivity index (χ2n) is 3.95. The molecule has 0 bridgehead atoms. The summed E-state index contributed by atoms with van der Waals surface area (Å²) in [6.45, 7) is 5.68. The SMILES string of the molecule is CCC1CCCN(CCC#N)CC1. The number of nitrogens with zero attached hydrogens (tertiary/aromatic N) is 2. The summed E-state index contributed by atoms with van der Waals surface area (Å²) < 4.78 is 0. The van der Waals surface area contributed by atoms with Gasteiger partial charge in [0.15, 0.2) is 0 Å². The lowest BCUT2D eigenvalue weighted by Gasteiger charge is -2.17. The average Bonchev–Trinajstić information content (AvgIpc) is 2.39. The standard InChI is InChI=1S/C11H20N2/c1-2-11-5-3-8-13(10-6-11)9-4-7-12/h11H,2-6,8-10H2,1H3. The Morgan fingerprint density at radius 2 is 2.23 bits per heavy atom. The van der Waals surface area contributed by atoms with Crippen LogP contribution in [0.1, 0.15) is 39.0 Å². The predicted octanol–water partition coefficient (Wildman–Crippen LogP) is 2.41. The van der Waals surface area contributed by atoms with Crippen molar-refractivity contribution in [2.75, 3.05) is 19.6 Å². The Bertz CT molecular complexity index is 171. The molecule has 0 saturated carbocycles. The molecule has 0 radical (unpaired) electrons. The van der Waals surface area contributed by atoms with Crippen molar-refractivity contribution in [1.29, 1.82) is 5.26 Å². The van der Waals surface area contributed by atoms with Gasteiger partial charge in [0, 0.05) is 13.0 Å². The first-order chi connectivity index (χ1) is 6.36. The summed E-state index contributed by atoms with van der Waals surface area (Å²) in [6.07, 6.45) is 6.06. The molecule has 74 valence electrons. The fraction of sp³-hybridized carbons (Fsp3) is 0.909. The van der Waals surface area contributed by atoms with Crippen LogP contribution in [0.2, 0.25) is 0 Å². The van der Waals surface area contributed by atoms with Crippen LogP contribution in [0, 0.1) is 17.2 Å². The Hall–Kier alpha value is -0.550. The molecule has 2 nitrogen and oxygen atoms in total. The Kier molecular flexibility index (Phi) is 4.85. The Balaban J connectivity index is 2.24. The zero-order chi connectivity index (χ0) is 9.52. The van der Waals surface area contributed by atoms with Gasteiger partial charge in [0.25, 0.3) is 0 Å². The van der Waals surface area contributed by atoms with Crippen LogP contribution in [0.25, 0.3) is 0 Å².